The fourth-order valence-electron chi connectivity index (χ4n) is 3.68. The van der Waals surface area contributed by atoms with Crippen molar-refractivity contribution in [1.82, 2.24) is 8.72 Å². The van der Waals surface area contributed by atoms with Gasteiger partial charge in [0.05, 0.1) is 12.3 Å². The maximum Gasteiger partial charge on any atom is 0.318 e. The van der Waals surface area contributed by atoms with Crippen LogP contribution in [0.3, 0.4) is 0 Å². The van der Waals surface area contributed by atoms with Crippen molar-refractivity contribution in [3.63, 3.8) is 0 Å². The molecular weight excluding hydrogens is 382 g/mol. The number of hydrogen-bond acceptors (Lipinski definition) is 3. The van der Waals surface area contributed by atoms with Gasteiger partial charge in [-0.2, -0.15) is 22.2 Å². The molecule has 0 amide bonds. The molecule has 5 nitrogen and oxygen atoms in total. The lowest BCUT2D eigenvalue weighted by Gasteiger charge is -2.29. The zero-order chi connectivity index (χ0) is 18.9. The number of nitrogens with zero attached hydrogens (tertiary/aromatic N) is 3. The lowest BCUT2D eigenvalue weighted by Crippen LogP contribution is -2.43. The van der Waals surface area contributed by atoms with Crippen molar-refractivity contribution < 1.29 is 8.42 Å². The Kier molecular flexibility index (Phi) is 5.21. The van der Waals surface area contributed by atoms with Crippen LogP contribution < -0.4 is 0 Å². The van der Waals surface area contributed by atoms with Crippen molar-refractivity contribution in [1.29, 1.82) is 0 Å². The minimum Gasteiger partial charge on any atom is -0.187 e. The van der Waals surface area contributed by atoms with Crippen LogP contribution in [-0.4, -0.2) is 42.5 Å². The molecule has 2 aromatic rings. The molecule has 1 fully saturated rings. The smallest absolute Gasteiger partial charge is 0.187 e. The van der Waals surface area contributed by atoms with Gasteiger partial charge in [0, 0.05) is 24.0 Å². The summed E-state index contributed by atoms with van der Waals surface area (Å²) in [7, 11) is -3.60. The van der Waals surface area contributed by atoms with E-state index in [1.54, 1.807) is 4.31 Å². The molecule has 0 spiro atoms. The van der Waals surface area contributed by atoms with Gasteiger partial charge in [-0.15, -0.1) is 0 Å². The molecule has 7 heteroatoms. The van der Waals surface area contributed by atoms with Crippen molar-refractivity contribution in [2.45, 2.75) is 25.2 Å². The van der Waals surface area contributed by atoms with Crippen molar-refractivity contribution >= 4 is 27.5 Å². The molecule has 1 unspecified atom stereocenters. The van der Waals surface area contributed by atoms with Crippen LogP contribution in [0.2, 0.25) is 5.02 Å². The molecule has 0 N–H and O–H groups in total. The third-order valence-electron chi connectivity index (χ3n) is 5.14. The number of benzene rings is 2. The SMILES string of the molecule is O=S(=O)(N1CCCCC1)N1CC(c2ccccc2)C(c2ccc(Cl)cc2)=N1. The van der Waals surface area contributed by atoms with E-state index in [9.17, 15) is 8.42 Å². The molecule has 2 aliphatic heterocycles. The Hall–Kier alpha value is -1.89. The Morgan fingerprint density at radius 2 is 1.59 bits per heavy atom. The molecule has 0 aromatic heterocycles. The molecule has 27 heavy (non-hydrogen) atoms. The Labute approximate surface area is 165 Å². The van der Waals surface area contributed by atoms with Crippen LogP contribution in [0.25, 0.3) is 0 Å². The molecule has 4 rings (SSSR count). The topological polar surface area (TPSA) is 53.0 Å². The van der Waals surface area contributed by atoms with E-state index in [1.165, 1.54) is 4.41 Å². The molecule has 2 aliphatic rings. The maximum atomic E-state index is 13.1. The van der Waals surface area contributed by atoms with E-state index < -0.39 is 10.2 Å². The minimum absolute atomic E-state index is 0.105. The summed E-state index contributed by atoms with van der Waals surface area (Å²) < 4.78 is 29.1. The fraction of sp³-hybridized carbons (Fsp3) is 0.350. The van der Waals surface area contributed by atoms with Crippen LogP contribution in [0.15, 0.2) is 59.7 Å². The quantitative estimate of drug-likeness (QED) is 0.778. The van der Waals surface area contributed by atoms with Gasteiger partial charge in [0.2, 0.25) is 0 Å². The Morgan fingerprint density at radius 1 is 0.926 bits per heavy atom. The van der Waals surface area contributed by atoms with Crippen molar-refractivity contribution in [3.05, 3.63) is 70.7 Å². The van der Waals surface area contributed by atoms with E-state index in [-0.39, 0.29) is 5.92 Å². The summed E-state index contributed by atoms with van der Waals surface area (Å²) in [4.78, 5) is 0. The van der Waals surface area contributed by atoms with Crippen LogP contribution in [0.4, 0.5) is 0 Å². The van der Waals surface area contributed by atoms with Gasteiger partial charge in [0.15, 0.2) is 0 Å². The van der Waals surface area contributed by atoms with Gasteiger partial charge in [-0.3, -0.25) is 0 Å². The predicted octanol–water partition coefficient (Wildman–Crippen LogP) is 3.87. The van der Waals surface area contributed by atoms with Crippen molar-refractivity contribution in [3.8, 4) is 0 Å². The molecule has 142 valence electrons. The second-order valence-corrected chi connectivity index (χ2v) is 9.20. The molecule has 1 atom stereocenters. The summed E-state index contributed by atoms with van der Waals surface area (Å²) in [5, 5.41) is 5.21. The number of rotatable bonds is 4. The molecule has 0 bridgehead atoms. The highest BCUT2D eigenvalue weighted by Gasteiger charge is 2.38. The van der Waals surface area contributed by atoms with Crippen molar-refractivity contribution in [2.75, 3.05) is 19.6 Å². The second kappa shape index (κ2) is 7.62. The van der Waals surface area contributed by atoms with Crippen LogP contribution in [0, 0.1) is 0 Å². The highest BCUT2D eigenvalue weighted by Crippen LogP contribution is 2.32. The van der Waals surface area contributed by atoms with E-state index in [0.29, 0.717) is 24.7 Å². The van der Waals surface area contributed by atoms with Gasteiger partial charge in [0.1, 0.15) is 0 Å². The third kappa shape index (κ3) is 3.74. The first-order chi connectivity index (χ1) is 13.1. The Balaban J connectivity index is 1.71. The molecular formula is C20H22ClN3O2S. The summed E-state index contributed by atoms with van der Waals surface area (Å²) >= 11 is 6.02. The highest BCUT2D eigenvalue weighted by atomic mass is 35.5. The van der Waals surface area contributed by atoms with Gasteiger partial charge >= 0.3 is 10.2 Å². The van der Waals surface area contributed by atoms with Crippen LogP contribution in [0.5, 0.6) is 0 Å². The van der Waals surface area contributed by atoms with E-state index in [1.807, 2.05) is 54.6 Å². The first-order valence-electron chi connectivity index (χ1n) is 9.23. The second-order valence-electron chi connectivity index (χ2n) is 6.93. The molecule has 0 aliphatic carbocycles. The fourth-order valence-corrected chi connectivity index (χ4v) is 5.32. The monoisotopic (exact) mass is 403 g/mol. The zero-order valence-electron chi connectivity index (χ0n) is 15.0. The van der Waals surface area contributed by atoms with Gasteiger partial charge in [-0.05, 0) is 36.1 Å². The normalized spacial score (nSPS) is 21.3. The molecule has 2 heterocycles. The molecule has 0 saturated carbocycles. The summed E-state index contributed by atoms with van der Waals surface area (Å²) in [5.41, 5.74) is 2.71. The van der Waals surface area contributed by atoms with Gasteiger partial charge in [-0.1, -0.05) is 60.5 Å². The molecule has 0 radical (unpaired) electrons. The first-order valence-corrected chi connectivity index (χ1v) is 11.0. The lowest BCUT2D eigenvalue weighted by atomic mass is 9.91. The highest BCUT2D eigenvalue weighted by molar-refractivity contribution is 7.86. The van der Waals surface area contributed by atoms with Crippen LogP contribution >= 0.6 is 11.6 Å². The van der Waals surface area contributed by atoms with E-state index >= 15 is 0 Å². The Bertz CT molecular complexity index is 923. The molecule has 1 saturated heterocycles. The average Bonchev–Trinajstić information content (AvgIpc) is 3.16. The van der Waals surface area contributed by atoms with E-state index in [2.05, 4.69) is 5.10 Å². The number of hydrazone groups is 1. The largest absolute Gasteiger partial charge is 0.318 e. The summed E-state index contributed by atoms with van der Waals surface area (Å²) in [5.74, 6) is -0.105. The van der Waals surface area contributed by atoms with Gasteiger partial charge in [0.25, 0.3) is 0 Å². The number of hydrogen-bond donors (Lipinski definition) is 0. The first kappa shape index (κ1) is 18.5. The average molecular weight is 404 g/mol. The van der Waals surface area contributed by atoms with E-state index in [0.717, 1.165) is 36.1 Å². The van der Waals surface area contributed by atoms with Crippen LogP contribution in [0.1, 0.15) is 36.3 Å². The zero-order valence-corrected chi connectivity index (χ0v) is 16.5. The summed E-state index contributed by atoms with van der Waals surface area (Å²) in [6.07, 6.45) is 2.89. The van der Waals surface area contributed by atoms with Gasteiger partial charge in [-0.25, -0.2) is 0 Å². The lowest BCUT2D eigenvalue weighted by molar-refractivity contribution is 0.311. The number of halogens is 1. The standard InChI is InChI=1S/C20H22ClN3O2S/c21-18-11-9-17(10-12-18)20-19(16-7-3-1-4-8-16)15-24(22-20)27(25,26)23-13-5-2-6-14-23/h1,3-4,7-12,19H,2,5-6,13-15H2. The summed E-state index contributed by atoms with van der Waals surface area (Å²) in [6, 6.07) is 17.3. The van der Waals surface area contributed by atoms with Crippen molar-refractivity contribution in [2.24, 2.45) is 5.10 Å². The van der Waals surface area contributed by atoms with E-state index in [4.69, 9.17) is 11.6 Å². The maximum absolute atomic E-state index is 13.1. The summed E-state index contributed by atoms with van der Waals surface area (Å²) in [6.45, 7) is 1.46. The third-order valence-corrected chi connectivity index (χ3v) is 7.17. The Morgan fingerprint density at radius 3 is 2.26 bits per heavy atom. The molecule has 2 aromatic carbocycles. The number of piperidine rings is 1. The van der Waals surface area contributed by atoms with Crippen LogP contribution in [-0.2, 0) is 10.2 Å². The minimum atomic E-state index is -3.60. The predicted molar refractivity (Wildman–Crippen MR) is 108 cm³/mol. The van der Waals surface area contributed by atoms with Gasteiger partial charge < -0.3 is 0 Å².